The monoisotopic (exact) mass is 335 g/mol. The van der Waals surface area contributed by atoms with Crippen LogP contribution < -0.4 is 5.32 Å². The van der Waals surface area contributed by atoms with Crippen molar-refractivity contribution >= 4 is 17.3 Å². The molecule has 3 rings (SSSR count). The summed E-state index contributed by atoms with van der Waals surface area (Å²) in [6.45, 7) is 0. The molecule has 0 aliphatic carbocycles. The molecule has 126 valence electrons. The summed E-state index contributed by atoms with van der Waals surface area (Å²) in [6, 6.07) is 21.3. The molecule has 0 saturated heterocycles. The first kappa shape index (κ1) is 16.7. The van der Waals surface area contributed by atoms with Gasteiger partial charge in [-0.15, -0.1) is 0 Å². The minimum atomic E-state index is -1.00. The van der Waals surface area contributed by atoms with Crippen LogP contribution >= 0.6 is 0 Å². The highest BCUT2D eigenvalue weighted by Crippen LogP contribution is 2.24. The van der Waals surface area contributed by atoms with Crippen LogP contribution in [0.25, 0.3) is 0 Å². The summed E-state index contributed by atoms with van der Waals surface area (Å²) in [5.74, 6) is -1.33. The van der Waals surface area contributed by atoms with Crippen LogP contribution in [0, 0.1) is 5.82 Å². The van der Waals surface area contributed by atoms with E-state index in [1.807, 2.05) is 30.3 Å². The van der Waals surface area contributed by atoms with E-state index in [0.29, 0.717) is 11.4 Å². The molecule has 0 saturated carbocycles. The second-order valence-corrected chi connectivity index (χ2v) is 5.80. The van der Waals surface area contributed by atoms with Crippen LogP contribution in [-0.2, 0) is 12.8 Å². The van der Waals surface area contributed by atoms with Gasteiger partial charge < -0.3 is 10.4 Å². The minimum absolute atomic E-state index is 0.188. The first-order chi connectivity index (χ1) is 12.1. The van der Waals surface area contributed by atoms with Crippen molar-refractivity contribution in [2.24, 2.45) is 0 Å². The molecule has 0 bridgehead atoms. The number of hydrogen-bond donors (Lipinski definition) is 2. The molecular weight excluding hydrogens is 317 g/mol. The lowest BCUT2D eigenvalue weighted by atomic mass is 10.0. The van der Waals surface area contributed by atoms with Crippen molar-refractivity contribution < 1.29 is 14.3 Å². The molecule has 4 heteroatoms. The molecular formula is C21H18FNO2. The molecule has 3 aromatic rings. The molecule has 3 nitrogen and oxygen atoms in total. The van der Waals surface area contributed by atoms with Crippen LogP contribution in [0.3, 0.4) is 0 Å². The second kappa shape index (κ2) is 7.62. The number of nitrogens with one attached hydrogen (secondary N) is 1. The molecule has 2 N–H and O–H groups in total. The van der Waals surface area contributed by atoms with Crippen LogP contribution in [0.5, 0.6) is 0 Å². The number of halogens is 1. The van der Waals surface area contributed by atoms with Gasteiger partial charge in [0.25, 0.3) is 0 Å². The molecule has 0 unspecified atom stereocenters. The minimum Gasteiger partial charge on any atom is -0.478 e. The lowest BCUT2D eigenvalue weighted by molar-refractivity contribution is 0.0698. The van der Waals surface area contributed by atoms with Gasteiger partial charge in [-0.1, -0.05) is 36.4 Å². The number of carboxylic acid groups (broad SMARTS) is 1. The van der Waals surface area contributed by atoms with Gasteiger partial charge in [0, 0.05) is 5.69 Å². The van der Waals surface area contributed by atoms with Gasteiger partial charge in [0.2, 0.25) is 0 Å². The van der Waals surface area contributed by atoms with E-state index in [-0.39, 0.29) is 11.4 Å². The lowest BCUT2D eigenvalue weighted by Crippen LogP contribution is -2.04. The Hall–Kier alpha value is -3.14. The van der Waals surface area contributed by atoms with E-state index < -0.39 is 5.97 Å². The van der Waals surface area contributed by atoms with E-state index in [1.54, 1.807) is 18.2 Å². The van der Waals surface area contributed by atoms with Crippen LogP contribution in [0.2, 0.25) is 0 Å². The molecule has 0 aliphatic heterocycles. The van der Waals surface area contributed by atoms with Crippen molar-refractivity contribution in [1.82, 2.24) is 0 Å². The van der Waals surface area contributed by atoms with Crippen molar-refractivity contribution in [3.63, 3.8) is 0 Å². The Kier molecular flexibility index (Phi) is 5.09. The molecule has 0 amide bonds. The molecule has 0 aromatic heterocycles. The first-order valence-corrected chi connectivity index (χ1v) is 8.04. The van der Waals surface area contributed by atoms with E-state index in [1.165, 1.54) is 17.7 Å². The SMILES string of the molecule is O=C(O)c1ccc(CCc2ccccc2)cc1Nc1ccc(F)cc1. The highest BCUT2D eigenvalue weighted by Gasteiger charge is 2.11. The van der Waals surface area contributed by atoms with E-state index >= 15 is 0 Å². The summed E-state index contributed by atoms with van der Waals surface area (Å²) < 4.78 is 13.0. The largest absolute Gasteiger partial charge is 0.478 e. The highest BCUT2D eigenvalue weighted by molar-refractivity contribution is 5.95. The van der Waals surface area contributed by atoms with Gasteiger partial charge in [-0.3, -0.25) is 0 Å². The third kappa shape index (κ3) is 4.44. The highest BCUT2D eigenvalue weighted by atomic mass is 19.1. The molecule has 0 radical (unpaired) electrons. The van der Waals surface area contributed by atoms with Gasteiger partial charge in [-0.25, -0.2) is 9.18 Å². The molecule has 0 atom stereocenters. The maximum absolute atomic E-state index is 13.0. The van der Waals surface area contributed by atoms with Crippen LogP contribution in [0.4, 0.5) is 15.8 Å². The summed E-state index contributed by atoms with van der Waals surface area (Å²) in [7, 11) is 0. The number of benzene rings is 3. The second-order valence-electron chi connectivity index (χ2n) is 5.80. The van der Waals surface area contributed by atoms with Crippen molar-refractivity contribution in [2.45, 2.75) is 12.8 Å². The third-order valence-electron chi connectivity index (χ3n) is 3.98. The van der Waals surface area contributed by atoms with Crippen molar-refractivity contribution in [2.75, 3.05) is 5.32 Å². The van der Waals surface area contributed by atoms with E-state index in [9.17, 15) is 14.3 Å². The van der Waals surface area contributed by atoms with Gasteiger partial charge in [0.1, 0.15) is 5.82 Å². The number of carbonyl (C=O) groups is 1. The van der Waals surface area contributed by atoms with Crippen molar-refractivity contribution in [3.05, 3.63) is 95.3 Å². The predicted octanol–water partition coefficient (Wildman–Crippen LogP) is 5.05. The summed E-state index contributed by atoms with van der Waals surface area (Å²) in [6.07, 6.45) is 1.69. The van der Waals surface area contributed by atoms with Gasteiger partial charge in [-0.05, 0) is 60.4 Å². The summed E-state index contributed by atoms with van der Waals surface area (Å²) >= 11 is 0. The fourth-order valence-electron chi connectivity index (χ4n) is 2.66. The van der Waals surface area contributed by atoms with Gasteiger partial charge in [-0.2, -0.15) is 0 Å². The van der Waals surface area contributed by atoms with E-state index in [2.05, 4.69) is 17.4 Å². The number of aryl methyl sites for hydroxylation is 2. The number of hydrogen-bond acceptors (Lipinski definition) is 2. The maximum Gasteiger partial charge on any atom is 0.337 e. The van der Waals surface area contributed by atoms with Crippen molar-refractivity contribution in [3.8, 4) is 0 Å². The number of carboxylic acids is 1. The first-order valence-electron chi connectivity index (χ1n) is 8.04. The zero-order valence-corrected chi connectivity index (χ0v) is 13.6. The normalized spacial score (nSPS) is 10.4. The quantitative estimate of drug-likeness (QED) is 0.662. The third-order valence-corrected chi connectivity index (χ3v) is 3.98. The fraction of sp³-hybridized carbons (Fsp3) is 0.0952. The summed E-state index contributed by atoms with van der Waals surface area (Å²) in [5.41, 5.74) is 3.61. The topological polar surface area (TPSA) is 49.3 Å². The average Bonchev–Trinajstić information content (AvgIpc) is 2.63. The maximum atomic E-state index is 13.0. The fourth-order valence-corrected chi connectivity index (χ4v) is 2.66. The van der Waals surface area contributed by atoms with Gasteiger partial charge in [0.15, 0.2) is 0 Å². The molecule has 3 aromatic carbocycles. The zero-order chi connectivity index (χ0) is 17.6. The number of aromatic carboxylic acids is 1. The Balaban J connectivity index is 1.81. The van der Waals surface area contributed by atoms with Gasteiger partial charge >= 0.3 is 5.97 Å². The standard InChI is InChI=1S/C21H18FNO2/c22-17-9-11-18(12-10-17)23-20-14-16(8-13-19(20)21(24)25)7-6-15-4-2-1-3-5-15/h1-5,8-14,23H,6-7H2,(H,24,25). The molecule has 25 heavy (non-hydrogen) atoms. The predicted molar refractivity (Wildman–Crippen MR) is 96.9 cm³/mol. The Morgan fingerprint density at radius 2 is 1.56 bits per heavy atom. The Bertz CT molecular complexity index is 861. The Morgan fingerprint density at radius 3 is 2.24 bits per heavy atom. The van der Waals surface area contributed by atoms with Crippen LogP contribution in [-0.4, -0.2) is 11.1 Å². The molecule has 0 spiro atoms. The number of anilines is 2. The van der Waals surface area contributed by atoms with Crippen molar-refractivity contribution in [1.29, 1.82) is 0 Å². The zero-order valence-electron chi connectivity index (χ0n) is 13.6. The Morgan fingerprint density at radius 1 is 0.880 bits per heavy atom. The molecule has 0 heterocycles. The van der Waals surface area contributed by atoms with Crippen LogP contribution in [0.15, 0.2) is 72.8 Å². The average molecular weight is 335 g/mol. The molecule has 0 aliphatic rings. The summed E-state index contributed by atoms with van der Waals surface area (Å²) in [5, 5.41) is 12.5. The van der Waals surface area contributed by atoms with Crippen LogP contribution in [0.1, 0.15) is 21.5 Å². The lowest BCUT2D eigenvalue weighted by Gasteiger charge is -2.12. The number of rotatable bonds is 6. The molecule has 0 fully saturated rings. The smallest absolute Gasteiger partial charge is 0.337 e. The van der Waals surface area contributed by atoms with E-state index in [0.717, 1.165) is 18.4 Å². The summed E-state index contributed by atoms with van der Waals surface area (Å²) in [4.78, 5) is 11.5. The van der Waals surface area contributed by atoms with Gasteiger partial charge in [0.05, 0.1) is 11.3 Å². The van der Waals surface area contributed by atoms with E-state index in [4.69, 9.17) is 0 Å². The Labute approximate surface area is 145 Å².